The summed E-state index contributed by atoms with van der Waals surface area (Å²) in [6.45, 7) is 5.43. The summed E-state index contributed by atoms with van der Waals surface area (Å²) >= 11 is 0. The highest BCUT2D eigenvalue weighted by Crippen LogP contribution is 2.17. The van der Waals surface area contributed by atoms with E-state index in [1.54, 1.807) is 0 Å². The van der Waals surface area contributed by atoms with E-state index in [2.05, 4.69) is 9.62 Å². The third-order valence-electron chi connectivity index (χ3n) is 3.67. The summed E-state index contributed by atoms with van der Waals surface area (Å²) in [4.78, 5) is 2.34. The summed E-state index contributed by atoms with van der Waals surface area (Å²) in [6.07, 6.45) is 2.43. The zero-order valence-electron chi connectivity index (χ0n) is 12.2. The van der Waals surface area contributed by atoms with E-state index in [1.165, 1.54) is 18.9 Å². The Hall–Kier alpha value is -1.18. The summed E-state index contributed by atoms with van der Waals surface area (Å²) in [5, 5.41) is 0. The second-order valence-electron chi connectivity index (χ2n) is 5.65. The van der Waals surface area contributed by atoms with Crippen molar-refractivity contribution >= 4 is 15.7 Å². The summed E-state index contributed by atoms with van der Waals surface area (Å²) in [5.74, 6) is -0.396. The number of benzene rings is 1. The van der Waals surface area contributed by atoms with Crippen LogP contribution in [-0.2, 0) is 10.0 Å². The summed E-state index contributed by atoms with van der Waals surface area (Å²) in [5.41, 5.74) is 5.24. The van der Waals surface area contributed by atoms with Crippen molar-refractivity contribution in [1.29, 1.82) is 0 Å². The van der Waals surface area contributed by atoms with Gasteiger partial charge in [-0.2, -0.15) is 0 Å². The zero-order chi connectivity index (χ0) is 15.5. The lowest BCUT2D eigenvalue weighted by molar-refractivity contribution is 0.288. The number of halogens is 1. The van der Waals surface area contributed by atoms with Gasteiger partial charge in [-0.3, -0.25) is 0 Å². The first-order valence-corrected chi connectivity index (χ1v) is 8.64. The predicted octanol–water partition coefficient (Wildman–Crippen LogP) is 1.42. The molecule has 5 nitrogen and oxygen atoms in total. The number of nitrogens with zero attached hydrogens (tertiary/aromatic N) is 1. The van der Waals surface area contributed by atoms with E-state index in [-0.39, 0.29) is 16.5 Å². The van der Waals surface area contributed by atoms with Gasteiger partial charge in [0.25, 0.3) is 0 Å². The molecule has 1 aromatic rings. The number of anilines is 1. The molecule has 1 aliphatic rings. The van der Waals surface area contributed by atoms with Crippen LogP contribution in [0, 0.1) is 11.7 Å². The van der Waals surface area contributed by atoms with Crippen molar-refractivity contribution in [3.63, 3.8) is 0 Å². The van der Waals surface area contributed by atoms with Crippen LogP contribution in [0.15, 0.2) is 23.1 Å². The summed E-state index contributed by atoms with van der Waals surface area (Å²) in [7, 11) is -3.64. The number of hydrogen-bond donors (Lipinski definition) is 2. The van der Waals surface area contributed by atoms with Gasteiger partial charge in [-0.25, -0.2) is 17.5 Å². The highest BCUT2D eigenvalue weighted by molar-refractivity contribution is 7.89. The molecule has 0 aliphatic carbocycles. The van der Waals surface area contributed by atoms with Crippen molar-refractivity contribution < 1.29 is 12.8 Å². The standard InChI is InChI=1S/C14H22FN3O2S/c1-11(10-18-6-2-3-7-18)9-17-21(19,20)12-4-5-13(15)14(16)8-12/h4-5,8,11,17H,2-3,6-7,9-10,16H2,1H3. The number of sulfonamides is 1. The van der Waals surface area contributed by atoms with Gasteiger partial charge in [0.1, 0.15) is 5.82 Å². The van der Waals surface area contributed by atoms with Crippen LogP contribution in [0.4, 0.5) is 10.1 Å². The van der Waals surface area contributed by atoms with Gasteiger partial charge in [0.15, 0.2) is 0 Å². The molecule has 1 aromatic carbocycles. The van der Waals surface area contributed by atoms with Crippen LogP contribution in [0.1, 0.15) is 19.8 Å². The van der Waals surface area contributed by atoms with Gasteiger partial charge in [-0.15, -0.1) is 0 Å². The Labute approximate surface area is 125 Å². The first-order valence-electron chi connectivity index (χ1n) is 7.15. The normalized spacial score (nSPS) is 18.0. The fourth-order valence-electron chi connectivity index (χ4n) is 2.49. The Balaban J connectivity index is 1.92. The van der Waals surface area contributed by atoms with Gasteiger partial charge < -0.3 is 10.6 Å². The molecule has 1 saturated heterocycles. The lowest BCUT2D eigenvalue weighted by Crippen LogP contribution is -2.34. The van der Waals surface area contributed by atoms with E-state index in [4.69, 9.17) is 5.73 Å². The predicted molar refractivity (Wildman–Crippen MR) is 80.8 cm³/mol. The van der Waals surface area contributed by atoms with Crippen molar-refractivity contribution in [3.8, 4) is 0 Å². The molecule has 21 heavy (non-hydrogen) atoms. The molecule has 1 heterocycles. The Kier molecular flexibility index (Phi) is 5.18. The molecule has 0 saturated carbocycles. The second kappa shape index (κ2) is 6.72. The average Bonchev–Trinajstić information content (AvgIpc) is 2.92. The maximum atomic E-state index is 13.1. The maximum Gasteiger partial charge on any atom is 0.240 e. The van der Waals surface area contributed by atoms with E-state index in [9.17, 15) is 12.8 Å². The minimum atomic E-state index is -3.64. The monoisotopic (exact) mass is 315 g/mol. The molecule has 1 aliphatic heterocycles. The molecule has 0 amide bonds. The topological polar surface area (TPSA) is 75.4 Å². The molecule has 118 valence electrons. The van der Waals surface area contributed by atoms with E-state index < -0.39 is 15.8 Å². The Bertz CT molecular complexity index is 586. The number of nitrogens with one attached hydrogen (secondary N) is 1. The molecule has 0 spiro atoms. The van der Waals surface area contributed by atoms with Gasteiger partial charge in [0, 0.05) is 13.1 Å². The number of likely N-dealkylation sites (tertiary alicyclic amines) is 1. The van der Waals surface area contributed by atoms with Crippen LogP contribution >= 0.6 is 0 Å². The Morgan fingerprint density at radius 2 is 2.05 bits per heavy atom. The highest BCUT2D eigenvalue weighted by Gasteiger charge is 2.19. The van der Waals surface area contributed by atoms with Crippen molar-refractivity contribution in [3.05, 3.63) is 24.0 Å². The van der Waals surface area contributed by atoms with Crippen molar-refractivity contribution in [2.24, 2.45) is 5.92 Å². The van der Waals surface area contributed by atoms with Gasteiger partial charge in [-0.1, -0.05) is 6.92 Å². The molecule has 3 N–H and O–H groups in total. The first-order chi connectivity index (χ1) is 9.88. The molecular weight excluding hydrogens is 293 g/mol. The maximum absolute atomic E-state index is 13.1. The smallest absolute Gasteiger partial charge is 0.240 e. The minimum Gasteiger partial charge on any atom is -0.396 e. The fourth-order valence-corrected chi connectivity index (χ4v) is 3.69. The van der Waals surface area contributed by atoms with E-state index in [0.29, 0.717) is 6.54 Å². The highest BCUT2D eigenvalue weighted by atomic mass is 32.2. The largest absolute Gasteiger partial charge is 0.396 e. The first kappa shape index (κ1) is 16.2. The van der Waals surface area contributed by atoms with E-state index in [0.717, 1.165) is 31.8 Å². The average molecular weight is 315 g/mol. The Morgan fingerprint density at radius 1 is 1.38 bits per heavy atom. The van der Waals surface area contributed by atoms with Crippen LogP contribution in [-0.4, -0.2) is 39.5 Å². The number of hydrogen-bond acceptors (Lipinski definition) is 4. The van der Waals surface area contributed by atoms with Crippen molar-refractivity contribution in [2.75, 3.05) is 31.9 Å². The lowest BCUT2D eigenvalue weighted by Gasteiger charge is -2.20. The number of rotatable bonds is 6. The number of nitrogens with two attached hydrogens (primary N) is 1. The fraction of sp³-hybridized carbons (Fsp3) is 0.571. The van der Waals surface area contributed by atoms with Gasteiger partial charge in [-0.05, 0) is 50.0 Å². The molecule has 7 heteroatoms. The zero-order valence-corrected chi connectivity index (χ0v) is 13.0. The quantitative estimate of drug-likeness (QED) is 0.779. The van der Waals surface area contributed by atoms with Crippen LogP contribution in [0.3, 0.4) is 0 Å². The molecule has 1 unspecified atom stereocenters. The number of nitrogen functional groups attached to an aromatic ring is 1. The van der Waals surface area contributed by atoms with Gasteiger partial charge in [0.2, 0.25) is 10.0 Å². The van der Waals surface area contributed by atoms with E-state index >= 15 is 0 Å². The molecule has 0 radical (unpaired) electrons. The molecule has 1 fully saturated rings. The van der Waals surface area contributed by atoms with Gasteiger partial charge in [0.05, 0.1) is 10.6 Å². The van der Waals surface area contributed by atoms with Crippen molar-refractivity contribution in [2.45, 2.75) is 24.7 Å². The SMILES string of the molecule is CC(CNS(=O)(=O)c1ccc(F)c(N)c1)CN1CCCC1. The molecular formula is C14H22FN3O2S. The third kappa shape index (κ3) is 4.39. The minimum absolute atomic E-state index is 0.00484. The Morgan fingerprint density at radius 3 is 2.67 bits per heavy atom. The molecule has 1 atom stereocenters. The second-order valence-corrected chi connectivity index (χ2v) is 7.42. The summed E-state index contributed by atoms with van der Waals surface area (Å²) < 4.78 is 39.9. The molecule has 2 rings (SSSR count). The molecule has 0 aromatic heterocycles. The van der Waals surface area contributed by atoms with E-state index in [1.807, 2.05) is 6.92 Å². The molecule has 0 bridgehead atoms. The third-order valence-corrected chi connectivity index (χ3v) is 5.09. The van der Waals surface area contributed by atoms with Crippen LogP contribution < -0.4 is 10.5 Å². The van der Waals surface area contributed by atoms with Crippen LogP contribution in [0.2, 0.25) is 0 Å². The lowest BCUT2D eigenvalue weighted by atomic mass is 10.2. The van der Waals surface area contributed by atoms with Gasteiger partial charge >= 0.3 is 0 Å². The summed E-state index contributed by atoms with van der Waals surface area (Å²) in [6, 6.07) is 3.43. The van der Waals surface area contributed by atoms with Crippen LogP contribution in [0.5, 0.6) is 0 Å². The van der Waals surface area contributed by atoms with Crippen molar-refractivity contribution in [1.82, 2.24) is 9.62 Å². The van der Waals surface area contributed by atoms with Crippen LogP contribution in [0.25, 0.3) is 0 Å².